The molecule has 0 bridgehead atoms. The minimum absolute atomic E-state index is 0.0773. The Labute approximate surface area is 105 Å². The first kappa shape index (κ1) is 12.9. The number of rotatable bonds is 1. The molecule has 0 aromatic rings. The normalized spacial score (nSPS) is 39.1. The van der Waals surface area contributed by atoms with Gasteiger partial charge in [-0.2, -0.15) is 0 Å². The highest BCUT2D eigenvalue weighted by atomic mass is 16.2. The van der Waals surface area contributed by atoms with E-state index in [1.54, 1.807) is 0 Å². The van der Waals surface area contributed by atoms with Crippen molar-refractivity contribution in [1.82, 2.24) is 4.90 Å². The Hall–Kier alpha value is -0.570. The number of hydrogen-bond acceptors (Lipinski definition) is 2. The van der Waals surface area contributed by atoms with E-state index in [1.807, 2.05) is 0 Å². The first-order valence-corrected chi connectivity index (χ1v) is 7.14. The average molecular weight is 238 g/mol. The SMILES string of the molecule is CC1CCCN(C(=O)C2CCCC(C)C2N)C1. The summed E-state index contributed by atoms with van der Waals surface area (Å²) >= 11 is 0. The van der Waals surface area contributed by atoms with E-state index < -0.39 is 0 Å². The van der Waals surface area contributed by atoms with Crippen LogP contribution in [0.25, 0.3) is 0 Å². The molecule has 0 spiro atoms. The summed E-state index contributed by atoms with van der Waals surface area (Å²) in [5.74, 6) is 1.57. The number of nitrogens with zero attached hydrogens (tertiary/aromatic N) is 1. The third-order valence-electron chi connectivity index (χ3n) is 4.58. The molecule has 17 heavy (non-hydrogen) atoms. The van der Waals surface area contributed by atoms with E-state index in [2.05, 4.69) is 18.7 Å². The molecule has 3 nitrogen and oxygen atoms in total. The van der Waals surface area contributed by atoms with Crippen LogP contribution in [-0.4, -0.2) is 29.9 Å². The molecule has 0 aromatic carbocycles. The van der Waals surface area contributed by atoms with Gasteiger partial charge in [0.25, 0.3) is 0 Å². The summed E-state index contributed by atoms with van der Waals surface area (Å²) in [4.78, 5) is 14.6. The van der Waals surface area contributed by atoms with Crippen molar-refractivity contribution in [2.45, 2.75) is 52.0 Å². The first-order chi connectivity index (χ1) is 8.09. The fourth-order valence-corrected chi connectivity index (χ4v) is 3.35. The first-order valence-electron chi connectivity index (χ1n) is 7.14. The highest BCUT2D eigenvalue weighted by Crippen LogP contribution is 2.30. The van der Waals surface area contributed by atoms with E-state index in [0.29, 0.717) is 17.7 Å². The molecule has 1 amide bonds. The molecule has 3 heteroatoms. The van der Waals surface area contributed by atoms with Crippen molar-refractivity contribution >= 4 is 5.91 Å². The van der Waals surface area contributed by atoms with Crippen molar-refractivity contribution in [2.75, 3.05) is 13.1 Å². The van der Waals surface area contributed by atoms with Crippen molar-refractivity contribution < 1.29 is 4.79 Å². The quantitative estimate of drug-likeness (QED) is 0.759. The molecule has 2 rings (SSSR count). The maximum Gasteiger partial charge on any atom is 0.227 e. The van der Waals surface area contributed by atoms with Gasteiger partial charge >= 0.3 is 0 Å². The zero-order chi connectivity index (χ0) is 12.4. The Bertz CT molecular complexity index is 279. The topological polar surface area (TPSA) is 46.3 Å². The Morgan fingerprint density at radius 3 is 2.65 bits per heavy atom. The second-order valence-corrected chi connectivity index (χ2v) is 6.12. The van der Waals surface area contributed by atoms with Crippen LogP contribution in [0.1, 0.15) is 46.0 Å². The number of likely N-dealkylation sites (tertiary alicyclic amines) is 1. The molecule has 2 aliphatic rings. The van der Waals surface area contributed by atoms with Crippen LogP contribution in [0, 0.1) is 17.8 Å². The molecule has 0 aromatic heterocycles. The molecule has 1 saturated heterocycles. The molecule has 2 fully saturated rings. The highest BCUT2D eigenvalue weighted by Gasteiger charge is 2.36. The van der Waals surface area contributed by atoms with Crippen LogP contribution in [0.3, 0.4) is 0 Å². The Kier molecular flexibility index (Phi) is 4.08. The largest absolute Gasteiger partial charge is 0.342 e. The van der Waals surface area contributed by atoms with Gasteiger partial charge < -0.3 is 10.6 Å². The number of hydrogen-bond donors (Lipinski definition) is 1. The third-order valence-corrected chi connectivity index (χ3v) is 4.58. The van der Waals surface area contributed by atoms with Gasteiger partial charge in [-0.1, -0.05) is 20.3 Å². The zero-order valence-electron chi connectivity index (χ0n) is 11.2. The van der Waals surface area contributed by atoms with Gasteiger partial charge in [0.1, 0.15) is 0 Å². The van der Waals surface area contributed by atoms with Gasteiger partial charge in [-0.25, -0.2) is 0 Å². The summed E-state index contributed by atoms with van der Waals surface area (Å²) in [6.07, 6.45) is 5.76. The van der Waals surface area contributed by atoms with Crippen LogP contribution in [0.2, 0.25) is 0 Å². The van der Waals surface area contributed by atoms with Gasteiger partial charge in [0.2, 0.25) is 5.91 Å². The van der Waals surface area contributed by atoms with E-state index >= 15 is 0 Å². The van der Waals surface area contributed by atoms with E-state index in [1.165, 1.54) is 12.8 Å². The fourth-order valence-electron chi connectivity index (χ4n) is 3.35. The van der Waals surface area contributed by atoms with Crippen LogP contribution in [-0.2, 0) is 4.79 Å². The van der Waals surface area contributed by atoms with Gasteiger partial charge in [-0.05, 0) is 37.5 Å². The Balaban J connectivity index is 1.98. The average Bonchev–Trinajstić information content (AvgIpc) is 2.32. The minimum atomic E-state index is 0.0773. The van der Waals surface area contributed by atoms with Gasteiger partial charge in [0.15, 0.2) is 0 Å². The fraction of sp³-hybridized carbons (Fsp3) is 0.929. The Morgan fingerprint density at radius 2 is 1.94 bits per heavy atom. The predicted octanol–water partition coefficient (Wildman–Crippen LogP) is 2.01. The van der Waals surface area contributed by atoms with Crippen molar-refractivity contribution in [3.8, 4) is 0 Å². The maximum atomic E-state index is 12.5. The number of piperidine rings is 1. The van der Waals surface area contributed by atoms with Crippen molar-refractivity contribution in [2.24, 2.45) is 23.5 Å². The number of nitrogens with two attached hydrogens (primary N) is 1. The van der Waals surface area contributed by atoms with Crippen LogP contribution in [0.4, 0.5) is 0 Å². The molecule has 0 radical (unpaired) electrons. The van der Waals surface area contributed by atoms with E-state index in [9.17, 15) is 4.79 Å². The van der Waals surface area contributed by atoms with Gasteiger partial charge in [0, 0.05) is 19.1 Å². The summed E-state index contributed by atoms with van der Waals surface area (Å²) in [5, 5.41) is 0. The lowest BCUT2D eigenvalue weighted by Crippen LogP contribution is -2.50. The molecule has 2 N–H and O–H groups in total. The van der Waals surface area contributed by atoms with Crippen LogP contribution >= 0.6 is 0 Å². The lowest BCUT2D eigenvalue weighted by atomic mass is 9.77. The molecule has 1 aliphatic heterocycles. The standard InChI is InChI=1S/C14H26N2O/c1-10-5-4-8-16(9-10)14(17)12-7-3-6-11(2)13(12)15/h10-13H,3-9,15H2,1-2H3. The van der Waals surface area contributed by atoms with Crippen LogP contribution in [0.15, 0.2) is 0 Å². The van der Waals surface area contributed by atoms with Gasteiger partial charge in [0.05, 0.1) is 5.92 Å². The van der Waals surface area contributed by atoms with E-state index in [4.69, 9.17) is 5.73 Å². The minimum Gasteiger partial charge on any atom is -0.342 e. The molecule has 1 saturated carbocycles. The summed E-state index contributed by atoms with van der Waals surface area (Å²) in [5.41, 5.74) is 6.22. The lowest BCUT2D eigenvalue weighted by molar-refractivity contribution is -0.139. The van der Waals surface area contributed by atoms with E-state index in [-0.39, 0.29) is 12.0 Å². The molecular formula is C14H26N2O. The molecular weight excluding hydrogens is 212 g/mol. The van der Waals surface area contributed by atoms with Gasteiger partial charge in [-0.15, -0.1) is 0 Å². The van der Waals surface area contributed by atoms with Crippen LogP contribution in [0.5, 0.6) is 0 Å². The van der Waals surface area contributed by atoms with Crippen molar-refractivity contribution in [1.29, 1.82) is 0 Å². The molecule has 1 aliphatic carbocycles. The number of carbonyl (C=O) groups excluding carboxylic acids is 1. The second kappa shape index (κ2) is 5.38. The highest BCUT2D eigenvalue weighted by molar-refractivity contribution is 5.79. The summed E-state index contributed by atoms with van der Waals surface area (Å²) < 4.78 is 0. The summed E-state index contributed by atoms with van der Waals surface area (Å²) in [6, 6.07) is 0.0773. The monoisotopic (exact) mass is 238 g/mol. The van der Waals surface area contributed by atoms with Crippen molar-refractivity contribution in [3.63, 3.8) is 0 Å². The van der Waals surface area contributed by atoms with E-state index in [0.717, 1.165) is 32.4 Å². The maximum absolute atomic E-state index is 12.5. The number of amides is 1. The molecule has 98 valence electrons. The molecule has 4 atom stereocenters. The zero-order valence-corrected chi connectivity index (χ0v) is 11.2. The third kappa shape index (κ3) is 2.82. The van der Waals surface area contributed by atoms with Gasteiger partial charge in [-0.3, -0.25) is 4.79 Å². The molecule has 1 heterocycles. The summed E-state index contributed by atoms with van der Waals surface area (Å²) in [6.45, 7) is 6.31. The Morgan fingerprint density at radius 1 is 1.18 bits per heavy atom. The smallest absolute Gasteiger partial charge is 0.227 e. The molecule has 4 unspecified atom stereocenters. The summed E-state index contributed by atoms with van der Waals surface area (Å²) in [7, 11) is 0. The predicted molar refractivity (Wildman–Crippen MR) is 69.5 cm³/mol. The lowest BCUT2D eigenvalue weighted by Gasteiger charge is -2.38. The second-order valence-electron chi connectivity index (χ2n) is 6.12. The van der Waals surface area contributed by atoms with Crippen LogP contribution < -0.4 is 5.73 Å². The van der Waals surface area contributed by atoms with Crippen molar-refractivity contribution in [3.05, 3.63) is 0 Å². The number of carbonyl (C=O) groups is 1.